The van der Waals surface area contributed by atoms with Crippen LogP contribution in [0.5, 0.6) is 17.2 Å². The number of hydrogen-bond donors (Lipinski definition) is 1. The fourth-order valence-electron chi connectivity index (χ4n) is 4.25. The Morgan fingerprint density at radius 1 is 1.00 bits per heavy atom. The number of nitrogens with zero attached hydrogens (tertiary/aromatic N) is 1. The molecular formula is C24H30N2O5. The van der Waals surface area contributed by atoms with Gasteiger partial charge in [0.25, 0.3) is 0 Å². The first-order valence-corrected chi connectivity index (χ1v) is 10.8. The number of ether oxygens (including phenoxy) is 4. The van der Waals surface area contributed by atoms with Crippen molar-refractivity contribution in [1.82, 2.24) is 10.2 Å². The van der Waals surface area contributed by atoms with Gasteiger partial charge in [-0.1, -0.05) is 12.1 Å². The predicted molar refractivity (Wildman–Crippen MR) is 118 cm³/mol. The molecule has 7 heteroatoms. The van der Waals surface area contributed by atoms with Crippen LogP contribution in [0.15, 0.2) is 36.4 Å². The van der Waals surface area contributed by atoms with E-state index in [2.05, 4.69) is 16.3 Å². The summed E-state index contributed by atoms with van der Waals surface area (Å²) in [5.41, 5.74) is 3.15. The van der Waals surface area contributed by atoms with Gasteiger partial charge in [0.2, 0.25) is 5.91 Å². The molecular weight excluding hydrogens is 396 g/mol. The van der Waals surface area contributed by atoms with Crippen LogP contribution in [0.25, 0.3) is 11.1 Å². The van der Waals surface area contributed by atoms with Crippen LogP contribution in [0.4, 0.5) is 0 Å². The lowest BCUT2D eigenvalue weighted by Gasteiger charge is -2.25. The first kappa shape index (κ1) is 21.5. The summed E-state index contributed by atoms with van der Waals surface area (Å²) in [6.45, 7) is 3.54. The van der Waals surface area contributed by atoms with Crippen LogP contribution < -0.4 is 19.5 Å². The molecule has 1 atom stereocenters. The molecule has 1 fully saturated rings. The van der Waals surface area contributed by atoms with E-state index in [1.807, 2.05) is 30.3 Å². The molecule has 0 radical (unpaired) electrons. The minimum Gasteiger partial charge on any atom is -0.493 e. The van der Waals surface area contributed by atoms with Crippen molar-refractivity contribution < 1.29 is 23.7 Å². The highest BCUT2D eigenvalue weighted by molar-refractivity contribution is 5.82. The molecule has 0 spiro atoms. The van der Waals surface area contributed by atoms with E-state index in [4.69, 9.17) is 18.9 Å². The molecule has 0 saturated carbocycles. The zero-order valence-corrected chi connectivity index (χ0v) is 18.2. The maximum absolute atomic E-state index is 12.7. The Kier molecular flexibility index (Phi) is 6.94. The SMILES string of the molecule is COc1ccc(-c2ccc3c(c2)CN2CCC[C@H]2C(=O)NCCOCCO3)cc1OC. The number of amides is 1. The zero-order chi connectivity index (χ0) is 21.6. The summed E-state index contributed by atoms with van der Waals surface area (Å²) in [4.78, 5) is 14.9. The highest BCUT2D eigenvalue weighted by atomic mass is 16.5. The first-order valence-electron chi connectivity index (χ1n) is 10.8. The van der Waals surface area contributed by atoms with Crippen LogP contribution in [0, 0.1) is 0 Å². The zero-order valence-electron chi connectivity index (χ0n) is 18.2. The average Bonchev–Trinajstić information content (AvgIpc) is 3.26. The number of fused-ring (bicyclic) bond motifs is 2. The summed E-state index contributed by atoms with van der Waals surface area (Å²) in [7, 11) is 3.27. The summed E-state index contributed by atoms with van der Waals surface area (Å²) in [5, 5.41) is 3.00. The Labute approximate surface area is 183 Å². The van der Waals surface area contributed by atoms with Gasteiger partial charge >= 0.3 is 0 Å². The molecule has 31 heavy (non-hydrogen) atoms. The molecule has 1 saturated heterocycles. The van der Waals surface area contributed by atoms with Gasteiger partial charge in [-0.25, -0.2) is 0 Å². The van der Waals surface area contributed by atoms with Crippen molar-refractivity contribution >= 4 is 5.91 Å². The van der Waals surface area contributed by atoms with E-state index >= 15 is 0 Å². The van der Waals surface area contributed by atoms with Crippen molar-refractivity contribution in [3.8, 4) is 28.4 Å². The van der Waals surface area contributed by atoms with Gasteiger partial charge in [0, 0.05) is 18.7 Å². The molecule has 2 heterocycles. The maximum atomic E-state index is 12.7. The Morgan fingerprint density at radius 2 is 1.81 bits per heavy atom. The van der Waals surface area contributed by atoms with Gasteiger partial charge in [-0.3, -0.25) is 9.69 Å². The molecule has 1 amide bonds. The molecule has 2 aromatic rings. The largest absolute Gasteiger partial charge is 0.493 e. The lowest BCUT2D eigenvalue weighted by Crippen LogP contribution is -2.43. The fourth-order valence-corrected chi connectivity index (χ4v) is 4.25. The number of nitrogens with one attached hydrogen (secondary N) is 1. The Bertz CT molecular complexity index is 917. The normalized spacial score (nSPS) is 20.2. The number of methoxy groups -OCH3 is 2. The molecule has 2 aliphatic heterocycles. The van der Waals surface area contributed by atoms with Crippen LogP contribution in [-0.4, -0.2) is 64.0 Å². The Hall–Kier alpha value is -2.77. The fraction of sp³-hybridized carbons (Fsp3) is 0.458. The van der Waals surface area contributed by atoms with Gasteiger partial charge in [-0.15, -0.1) is 0 Å². The van der Waals surface area contributed by atoms with Crippen LogP contribution in [0.3, 0.4) is 0 Å². The second-order valence-electron chi connectivity index (χ2n) is 7.77. The smallest absolute Gasteiger partial charge is 0.237 e. The summed E-state index contributed by atoms with van der Waals surface area (Å²) in [5.74, 6) is 2.30. The maximum Gasteiger partial charge on any atom is 0.237 e. The molecule has 166 valence electrons. The van der Waals surface area contributed by atoms with Gasteiger partial charge < -0.3 is 24.3 Å². The summed E-state index contributed by atoms with van der Waals surface area (Å²) in [6, 6.07) is 12.0. The second-order valence-corrected chi connectivity index (χ2v) is 7.77. The van der Waals surface area contributed by atoms with Gasteiger partial charge in [0.15, 0.2) is 11.5 Å². The molecule has 2 aromatic carbocycles. The van der Waals surface area contributed by atoms with E-state index in [1.54, 1.807) is 14.2 Å². The van der Waals surface area contributed by atoms with Crippen molar-refractivity contribution in [3.05, 3.63) is 42.0 Å². The molecule has 2 aliphatic rings. The minimum atomic E-state index is -0.113. The molecule has 4 rings (SSSR count). The molecule has 0 aromatic heterocycles. The van der Waals surface area contributed by atoms with E-state index in [0.29, 0.717) is 44.4 Å². The number of hydrogen-bond acceptors (Lipinski definition) is 6. The van der Waals surface area contributed by atoms with Crippen LogP contribution in [0.2, 0.25) is 0 Å². The van der Waals surface area contributed by atoms with Crippen LogP contribution in [-0.2, 0) is 16.1 Å². The van der Waals surface area contributed by atoms with Gasteiger partial charge in [0.05, 0.1) is 33.5 Å². The van der Waals surface area contributed by atoms with Gasteiger partial charge in [0.1, 0.15) is 12.4 Å². The van der Waals surface area contributed by atoms with Gasteiger partial charge in [-0.2, -0.15) is 0 Å². The van der Waals surface area contributed by atoms with E-state index in [0.717, 1.165) is 41.8 Å². The summed E-state index contributed by atoms with van der Waals surface area (Å²) < 4.78 is 22.5. The highest BCUT2D eigenvalue weighted by Gasteiger charge is 2.31. The molecule has 0 aliphatic carbocycles. The predicted octanol–water partition coefficient (Wildman–Crippen LogP) is 2.86. The Morgan fingerprint density at radius 3 is 2.65 bits per heavy atom. The molecule has 7 nitrogen and oxygen atoms in total. The summed E-state index contributed by atoms with van der Waals surface area (Å²) >= 11 is 0. The Balaban J connectivity index is 1.66. The third kappa shape index (κ3) is 4.94. The van der Waals surface area contributed by atoms with E-state index in [9.17, 15) is 4.79 Å². The van der Waals surface area contributed by atoms with Crippen molar-refractivity contribution in [1.29, 1.82) is 0 Å². The number of rotatable bonds is 3. The molecule has 1 N–H and O–H groups in total. The quantitative estimate of drug-likeness (QED) is 0.814. The van der Waals surface area contributed by atoms with Crippen molar-refractivity contribution in [2.24, 2.45) is 0 Å². The third-order valence-electron chi connectivity index (χ3n) is 5.85. The highest BCUT2D eigenvalue weighted by Crippen LogP contribution is 2.35. The monoisotopic (exact) mass is 426 g/mol. The number of carbonyl (C=O) groups excluding carboxylic acids is 1. The van der Waals surface area contributed by atoms with E-state index in [-0.39, 0.29) is 11.9 Å². The van der Waals surface area contributed by atoms with Crippen LogP contribution >= 0.6 is 0 Å². The van der Waals surface area contributed by atoms with Gasteiger partial charge in [-0.05, 0) is 54.8 Å². The molecule has 0 bridgehead atoms. The number of benzene rings is 2. The van der Waals surface area contributed by atoms with Crippen molar-refractivity contribution in [2.45, 2.75) is 25.4 Å². The first-order chi connectivity index (χ1) is 15.2. The second kappa shape index (κ2) is 10.0. The lowest BCUT2D eigenvalue weighted by atomic mass is 10.0. The average molecular weight is 427 g/mol. The standard InChI is InChI=1S/C24H30N2O5/c1-28-22-8-6-18(15-23(22)29-2)17-5-7-21-19(14-17)16-26-10-3-4-20(26)24(27)25-9-11-30-12-13-31-21/h5-8,14-15,20H,3-4,9-13,16H2,1-2H3,(H,25,27)/t20-/m0/s1. The van der Waals surface area contributed by atoms with E-state index in [1.165, 1.54) is 0 Å². The van der Waals surface area contributed by atoms with Crippen molar-refractivity contribution in [2.75, 3.05) is 47.1 Å². The lowest BCUT2D eigenvalue weighted by molar-refractivity contribution is -0.125. The summed E-state index contributed by atoms with van der Waals surface area (Å²) in [6.07, 6.45) is 1.89. The third-order valence-corrected chi connectivity index (χ3v) is 5.85. The minimum absolute atomic E-state index is 0.0823. The van der Waals surface area contributed by atoms with Crippen LogP contribution in [0.1, 0.15) is 18.4 Å². The topological polar surface area (TPSA) is 69.3 Å². The number of carbonyl (C=O) groups is 1. The molecule has 0 unspecified atom stereocenters. The van der Waals surface area contributed by atoms with Crippen molar-refractivity contribution in [3.63, 3.8) is 0 Å². The van der Waals surface area contributed by atoms with E-state index < -0.39 is 0 Å².